The molecule has 72 valence electrons. The van der Waals surface area contributed by atoms with E-state index in [2.05, 4.69) is 10.3 Å². The minimum Gasteiger partial charge on any atom is -0.382 e. The van der Waals surface area contributed by atoms with Gasteiger partial charge in [-0.25, -0.2) is 4.98 Å². The molecule has 0 amide bonds. The standard InChI is InChI=1S/C9H15N3O/c1-12-7-6-11-8(12)9(13)2-4-10-5-3-9/h6-7,10,13H,2-5H2,1H3. The largest absolute Gasteiger partial charge is 0.382 e. The smallest absolute Gasteiger partial charge is 0.140 e. The molecule has 1 aliphatic heterocycles. The molecule has 0 bridgehead atoms. The molecule has 2 rings (SSSR count). The number of aromatic nitrogens is 2. The summed E-state index contributed by atoms with van der Waals surface area (Å²) in [5, 5.41) is 13.5. The summed E-state index contributed by atoms with van der Waals surface area (Å²) in [6.07, 6.45) is 5.10. The first-order chi connectivity index (χ1) is 6.22. The molecule has 1 aliphatic rings. The third-order valence-corrected chi connectivity index (χ3v) is 2.67. The number of rotatable bonds is 1. The zero-order valence-corrected chi connectivity index (χ0v) is 7.82. The molecule has 4 heteroatoms. The highest BCUT2D eigenvalue weighted by Gasteiger charge is 2.34. The van der Waals surface area contributed by atoms with E-state index < -0.39 is 5.60 Å². The van der Waals surface area contributed by atoms with Crippen LogP contribution in [0.5, 0.6) is 0 Å². The topological polar surface area (TPSA) is 50.1 Å². The second-order valence-electron chi connectivity index (χ2n) is 3.64. The predicted molar refractivity (Wildman–Crippen MR) is 49.2 cm³/mol. The van der Waals surface area contributed by atoms with Crippen LogP contribution in [0.1, 0.15) is 18.7 Å². The van der Waals surface area contributed by atoms with Gasteiger partial charge in [0.2, 0.25) is 0 Å². The van der Waals surface area contributed by atoms with Gasteiger partial charge >= 0.3 is 0 Å². The number of piperidine rings is 1. The number of nitrogens with zero attached hydrogens (tertiary/aromatic N) is 2. The Labute approximate surface area is 77.6 Å². The fourth-order valence-corrected chi connectivity index (χ4v) is 1.88. The Kier molecular flexibility index (Phi) is 2.09. The molecule has 0 spiro atoms. The van der Waals surface area contributed by atoms with E-state index in [-0.39, 0.29) is 0 Å². The van der Waals surface area contributed by atoms with Gasteiger partial charge in [0, 0.05) is 19.4 Å². The van der Waals surface area contributed by atoms with Crippen LogP contribution in [0.2, 0.25) is 0 Å². The van der Waals surface area contributed by atoms with Crippen molar-refractivity contribution in [1.29, 1.82) is 0 Å². The third kappa shape index (κ3) is 1.47. The lowest BCUT2D eigenvalue weighted by Gasteiger charge is -2.31. The maximum absolute atomic E-state index is 10.3. The quantitative estimate of drug-likeness (QED) is 0.640. The lowest BCUT2D eigenvalue weighted by molar-refractivity contribution is -0.00480. The summed E-state index contributed by atoms with van der Waals surface area (Å²) in [5.74, 6) is 0.786. The van der Waals surface area contributed by atoms with E-state index >= 15 is 0 Å². The van der Waals surface area contributed by atoms with E-state index in [0.29, 0.717) is 0 Å². The number of nitrogens with one attached hydrogen (secondary N) is 1. The van der Waals surface area contributed by atoms with E-state index in [0.717, 1.165) is 31.8 Å². The van der Waals surface area contributed by atoms with Gasteiger partial charge in [-0.2, -0.15) is 0 Å². The summed E-state index contributed by atoms with van der Waals surface area (Å²) in [6.45, 7) is 1.73. The van der Waals surface area contributed by atoms with Crippen molar-refractivity contribution >= 4 is 0 Å². The summed E-state index contributed by atoms with van der Waals surface area (Å²) >= 11 is 0. The third-order valence-electron chi connectivity index (χ3n) is 2.67. The summed E-state index contributed by atoms with van der Waals surface area (Å²) in [6, 6.07) is 0. The van der Waals surface area contributed by atoms with Crippen molar-refractivity contribution in [2.24, 2.45) is 7.05 Å². The average molecular weight is 181 g/mol. The molecule has 1 aromatic rings. The zero-order chi connectivity index (χ0) is 9.31. The minimum absolute atomic E-state index is 0.719. The number of hydrogen-bond donors (Lipinski definition) is 2. The fraction of sp³-hybridized carbons (Fsp3) is 0.667. The number of hydrogen-bond acceptors (Lipinski definition) is 3. The van der Waals surface area contributed by atoms with Gasteiger partial charge in [-0.15, -0.1) is 0 Å². The normalized spacial score (nSPS) is 21.7. The molecule has 1 aromatic heterocycles. The first-order valence-electron chi connectivity index (χ1n) is 4.63. The summed E-state index contributed by atoms with van der Waals surface area (Å²) in [4.78, 5) is 4.20. The second-order valence-corrected chi connectivity index (χ2v) is 3.64. The van der Waals surface area contributed by atoms with Crippen LogP contribution in [-0.4, -0.2) is 27.7 Å². The molecule has 0 unspecified atom stereocenters. The van der Waals surface area contributed by atoms with E-state index in [1.807, 2.05) is 17.8 Å². The van der Waals surface area contributed by atoms with Crippen LogP contribution < -0.4 is 5.32 Å². The Balaban J connectivity index is 2.27. The SMILES string of the molecule is Cn1ccnc1C1(O)CCNCC1. The maximum Gasteiger partial charge on any atom is 0.140 e. The van der Waals surface area contributed by atoms with Gasteiger partial charge in [0.15, 0.2) is 0 Å². The molecule has 0 aromatic carbocycles. The van der Waals surface area contributed by atoms with Crippen LogP contribution in [0, 0.1) is 0 Å². The molecule has 2 heterocycles. The van der Waals surface area contributed by atoms with E-state index in [1.54, 1.807) is 6.20 Å². The minimum atomic E-state index is -0.719. The molecule has 1 fully saturated rings. The van der Waals surface area contributed by atoms with Crippen LogP contribution >= 0.6 is 0 Å². The van der Waals surface area contributed by atoms with Crippen LogP contribution in [0.3, 0.4) is 0 Å². The number of aryl methyl sites for hydroxylation is 1. The Morgan fingerprint density at radius 1 is 1.54 bits per heavy atom. The fourth-order valence-electron chi connectivity index (χ4n) is 1.88. The van der Waals surface area contributed by atoms with E-state index in [1.165, 1.54) is 0 Å². The molecule has 2 N–H and O–H groups in total. The Hall–Kier alpha value is -0.870. The van der Waals surface area contributed by atoms with Crippen molar-refractivity contribution in [1.82, 2.24) is 14.9 Å². The molecule has 0 radical (unpaired) electrons. The summed E-state index contributed by atoms with van der Waals surface area (Å²) in [5.41, 5.74) is -0.719. The number of aliphatic hydroxyl groups is 1. The number of imidazole rings is 1. The van der Waals surface area contributed by atoms with Crippen molar-refractivity contribution < 1.29 is 5.11 Å². The van der Waals surface area contributed by atoms with Crippen molar-refractivity contribution in [2.75, 3.05) is 13.1 Å². The molecule has 13 heavy (non-hydrogen) atoms. The molecule has 0 aliphatic carbocycles. The highest BCUT2D eigenvalue weighted by atomic mass is 16.3. The highest BCUT2D eigenvalue weighted by molar-refractivity contribution is 5.06. The predicted octanol–water partition coefficient (Wildman–Crippen LogP) is -0.00890. The monoisotopic (exact) mass is 181 g/mol. The second kappa shape index (κ2) is 3.12. The van der Waals surface area contributed by atoms with Gasteiger partial charge in [0.1, 0.15) is 11.4 Å². The highest BCUT2D eigenvalue weighted by Crippen LogP contribution is 2.28. The van der Waals surface area contributed by atoms with Gasteiger partial charge in [0.25, 0.3) is 0 Å². The first kappa shape index (κ1) is 8.72. The lowest BCUT2D eigenvalue weighted by atomic mass is 9.91. The van der Waals surface area contributed by atoms with E-state index in [9.17, 15) is 5.11 Å². The van der Waals surface area contributed by atoms with Gasteiger partial charge in [0.05, 0.1) is 0 Å². The molecule has 0 atom stereocenters. The van der Waals surface area contributed by atoms with Crippen LogP contribution in [0.15, 0.2) is 12.4 Å². The van der Waals surface area contributed by atoms with Gasteiger partial charge in [-0.05, 0) is 25.9 Å². The van der Waals surface area contributed by atoms with Crippen LogP contribution in [0.25, 0.3) is 0 Å². The van der Waals surface area contributed by atoms with Crippen molar-refractivity contribution in [3.8, 4) is 0 Å². The molecule has 1 saturated heterocycles. The van der Waals surface area contributed by atoms with Gasteiger partial charge < -0.3 is 15.0 Å². The van der Waals surface area contributed by atoms with Crippen LogP contribution in [-0.2, 0) is 12.6 Å². The molecular formula is C9H15N3O. The molecule has 4 nitrogen and oxygen atoms in total. The zero-order valence-electron chi connectivity index (χ0n) is 7.82. The summed E-state index contributed by atoms with van der Waals surface area (Å²) < 4.78 is 1.89. The Morgan fingerprint density at radius 2 is 2.23 bits per heavy atom. The van der Waals surface area contributed by atoms with Gasteiger partial charge in [-0.3, -0.25) is 0 Å². The Bertz CT molecular complexity index is 289. The summed E-state index contributed by atoms with van der Waals surface area (Å²) in [7, 11) is 1.92. The molecular weight excluding hydrogens is 166 g/mol. The molecule has 0 saturated carbocycles. The first-order valence-corrected chi connectivity index (χ1v) is 4.63. The Morgan fingerprint density at radius 3 is 2.77 bits per heavy atom. The van der Waals surface area contributed by atoms with Gasteiger partial charge in [-0.1, -0.05) is 0 Å². The van der Waals surface area contributed by atoms with Crippen molar-refractivity contribution in [2.45, 2.75) is 18.4 Å². The maximum atomic E-state index is 10.3. The van der Waals surface area contributed by atoms with Crippen molar-refractivity contribution in [3.63, 3.8) is 0 Å². The van der Waals surface area contributed by atoms with Crippen LogP contribution in [0.4, 0.5) is 0 Å². The average Bonchev–Trinajstić information content (AvgIpc) is 2.53. The van der Waals surface area contributed by atoms with Crippen molar-refractivity contribution in [3.05, 3.63) is 18.2 Å². The lowest BCUT2D eigenvalue weighted by Crippen LogP contribution is -2.41. The van der Waals surface area contributed by atoms with E-state index in [4.69, 9.17) is 0 Å².